The van der Waals surface area contributed by atoms with Gasteiger partial charge < -0.3 is 0 Å². The van der Waals surface area contributed by atoms with Gasteiger partial charge in [-0.1, -0.05) is 25.2 Å². The van der Waals surface area contributed by atoms with E-state index in [-0.39, 0.29) is 10.8 Å². The Balaban J connectivity index is 1.76. The number of benzene rings is 2. The molecule has 0 aliphatic carbocycles. The minimum absolute atomic E-state index is 0.200. The third-order valence-corrected chi connectivity index (χ3v) is 8.09. The molecule has 0 aliphatic heterocycles. The van der Waals surface area contributed by atoms with Crippen molar-refractivity contribution in [3.8, 4) is 0 Å². The fourth-order valence-electron chi connectivity index (χ4n) is 3.03. The van der Waals surface area contributed by atoms with Gasteiger partial charge in [-0.25, -0.2) is 13.4 Å². The molecule has 1 amide bonds. The van der Waals surface area contributed by atoms with Gasteiger partial charge in [0.25, 0.3) is 5.91 Å². The van der Waals surface area contributed by atoms with Gasteiger partial charge in [-0.05, 0) is 61.6 Å². The Morgan fingerprint density at radius 3 is 2.37 bits per heavy atom. The van der Waals surface area contributed by atoms with Gasteiger partial charge in [0.05, 0.1) is 15.1 Å². The number of thiazole rings is 1. The summed E-state index contributed by atoms with van der Waals surface area (Å²) in [5.74, 6) is -0.318. The van der Waals surface area contributed by atoms with Crippen LogP contribution in [-0.2, 0) is 10.0 Å². The lowest BCUT2D eigenvalue weighted by Gasteiger charge is -2.21. The zero-order valence-electron chi connectivity index (χ0n) is 17.2. The van der Waals surface area contributed by atoms with Crippen LogP contribution in [0.3, 0.4) is 0 Å². The first-order chi connectivity index (χ1) is 14.4. The molecule has 0 atom stereocenters. The zero-order chi connectivity index (χ0) is 21.7. The molecule has 1 N–H and O–H groups in total. The van der Waals surface area contributed by atoms with Gasteiger partial charge in [0.15, 0.2) is 5.13 Å². The van der Waals surface area contributed by atoms with Crippen LogP contribution < -0.4 is 5.32 Å². The highest BCUT2D eigenvalue weighted by Gasteiger charge is 2.23. The van der Waals surface area contributed by atoms with Gasteiger partial charge in [-0.2, -0.15) is 4.31 Å². The summed E-state index contributed by atoms with van der Waals surface area (Å²) < 4.78 is 28.2. The van der Waals surface area contributed by atoms with Gasteiger partial charge in [0.1, 0.15) is 0 Å². The molecule has 3 aromatic rings. The topological polar surface area (TPSA) is 79.4 Å². The standard InChI is InChI=1S/C21H25N3O3S3/c1-4-12-24(13-5-2)30(26,27)17-9-6-15(7-10-17)20(25)23-21-22-18-11-8-16(28-3)14-19(18)29-21/h6-11,14H,4-5,12-13H2,1-3H3,(H,22,23,25). The number of rotatable bonds is 9. The minimum Gasteiger partial charge on any atom is -0.298 e. The number of aromatic nitrogens is 1. The van der Waals surface area contributed by atoms with Crippen molar-refractivity contribution < 1.29 is 13.2 Å². The van der Waals surface area contributed by atoms with Gasteiger partial charge in [0.2, 0.25) is 10.0 Å². The summed E-state index contributed by atoms with van der Waals surface area (Å²) in [6.45, 7) is 4.87. The van der Waals surface area contributed by atoms with Crippen LogP contribution in [0.4, 0.5) is 5.13 Å². The fourth-order valence-corrected chi connectivity index (χ4v) is 6.07. The Labute approximate surface area is 185 Å². The highest BCUT2D eigenvalue weighted by atomic mass is 32.2. The predicted molar refractivity (Wildman–Crippen MR) is 125 cm³/mol. The van der Waals surface area contributed by atoms with Crippen molar-refractivity contribution >= 4 is 54.4 Å². The number of hydrogen-bond acceptors (Lipinski definition) is 6. The van der Waals surface area contributed by atoms with E-state index in [1.807, 2.05) is 38.3 Å². The quantitative estimate of drug-likeness (QED) is 0.448. The van der Waals surface area contributed by atoms with Gasteiger partial charge in [-0.3, -0.25) is 10.1 Å². The van der Waals surface area contributed by atoms with E-state index in [2.05, 4.69) is 10.3 Å². The maximum absolute atomic E-state index is 12.9. The smallest absolute Gasteiger partial charge is 0.257 e. The molecule has 160 valence electrons. The Morgan fingerprint density at radius 1 is 1.10 bits per heavy atom. The summed E-state index contributed by atoms with van der Waals surface area (Å²) in [4.78, 5) is 18.4. The van der Waals surface area contributed by atoms with Crippen LogP contribution in [-0.4, -0.2) is 43.0 Å². The average molecular weight is 464 g/mol. The Kier molecular flexibility index (Phi) is 7.51. The predicted octanol–water partition coefficient (Wildman–Crippen LogP) is 5.08. The number of sulfonamides is 1. The van der Waals surface area contributed by atoms with E-state index in [4.69, 9.17) is 0 Å². The minimum atomic E-state index is -3.56. The largest absolute Gasteiger partial charge is 0.298 e. The molecule has 0 bridgehead atoms. The van der Waals surface area contributed by atoms with E-state index in [0.717, 1.165) is 28.0 Å². The molecule has 0 saturated heterocycles. The van der Waals surface area contributed by atoms with Crippen molar-refractivity contribution in [2.75, 3.05) is 24.7 Å². The molecule has 30 heavy (non-hydrogen) atoms. The summed E-state index contributed by atoms with van der Waals surface area (Å²) >= 11 is 3.07. The van der Waals surface area contributed by atoms with E-state index in [1.165, 1.54) is 39.9 Å². The average Bonchev–Trinajstić information content (AvgIpc) is 3.14. The monoisotopic (exact) mass is 463 g/mol. The molecule has 0 unspecified atom stereocenters. The number of thioether (sulfide) groups is 1. The Morgan fingerprint density at radius 2 is 1.77 bits per heavy atom. The Bertz CT molecular complexity index is 1120. The molecule has 2 aromatic carbocycles. The van der Waals surface area contributed by atoms with E-state index in [9.17, 15) is 13.2 Å². The number of anilines is 1. The zero-order valence-corrected chi connectivity index (χ0v) is 19.7. The van der Waals surface area contributed by atoms with E-state index in [0.29, 0.717) is 23.8 Å². The van der Waals surface area contributed by atoms with Crippen molar-refractivity contribution in [3.05, 3.63) is 48.0 Å². The lowest BCUT2D eigenvalue weighted by molar-refractivity contribution is 0.102. The molecule has 9 heteroatoms. The lowest BCUT2D eigenvalue weighted by Crippen LogP contribution is -2.32. The van der Waals surface area contributed by atoms with Crippen LogP contribution in [0.2, 0.25) is 0 Å². The second-order valence-electron chi connectivity index (χ2n) is 6.74. The highest BCUT2D eigenvalue weighted by Crippen LogP contribution is 2.29. The molecule has 1 heterocycles. The van der Waals surface area contributed by atoms with Crippen LogP contribution in [0, 0.1) is 0 Å². The third-order valence-electron chi connectivity index (χ3n) is 4.52. The number of amides is 1. The molecule has 0 saturated carbocycles. The molecule has 0 fully saturated rings. The summed E-state index contributed by atoms with van der Waals surface area (Å²) in [5.41, 5.74) is 1.22. The number of carbonyl (C=O) groups is 1. The first kappa shape index (κ1) is 22.7. The van der Waals surface area contributed by atoms with Crippen molar-refractivity contribution in [3.63, 3.8) is 0 Å². The fraction of sp³-hybridized carbons (Fsp3) is 0.333. The summed E-state index contributed by atoms with van der Waals surface area (Å²) in [6.07, 6.45) is 3.51. The first-order valence-electron chi connectivity index (χ1n) is 9.75. The van der Waals surface area contributed by atoms with E-state index < -0.39 is 10.0 Å². The number of carbonyl (C=O) groups excluding carboxylic acids is 1. The molecule has 0 aliphatic rings. The van der Waals surface area contributed by atoms with Crippen LogP contribution >= 0.6 is 23.1 Å². The van der Waals surface area contributed by atoms with Crippen LogP contribution in [0.1, 0.15) is 37.0 Å². The molecule has 0 spiro atoms. The van der Waals surface area contributed by atoms with Crippen LogP contribution in [0.5, 0.6) is 0 Å². The normalized spacial score (nSPS) is 11.9. The second-order valence-corrected chi connectivity index (χ2v) is 10.6. The third kappa shape index (κ3) is 5.03. The first-order valence-corrected chi connectivity index (χ1v) is 13.2. The molecule has 6 nitrogen and oxygen atoms in total. The molecule has 1 aromatic heterocycles. The van der Waals surface area contributed by atoms with Gasteiger partial charge >= 0.3 is 0 Å². The van der Waals surface area contributed by atoms with Crippen molar-refractivity contribution in [2.24, 2.45) is 0 Å². The maximum atomic E-state index is 12.9. The van der Waals surface area contributed by atoms with Crippen molar-refractivity contribution in [2.45, 2.75) is 36.5 Å². The molecular weight excluding hydrogens is 438 g/mol. The SMILES string of the molecule is CCCN(CCC)S(=O)(=O)c1ccc(C(=O)Nc2nc3ccc(SC)cc3s2)cc1. The summed E-state index contributed by atoms with van der Waals surface area (Å²) in [5, 5.41) is 3.32. The van der Waals surface area contributed by atoms with Crippen LogP contribution in [0.25, 0.3) is 10.2 Å². The van der Waals surface area contributed by atoms with E-state index >= 15 is 0 Å². The molecule has 3 rings (SSSR count). The lowest BCUT2D eigenvalue weighted by atomic mass is 10.2. The molecular formula is C21H25N3O3S3. The Hall–Kier alpha value is -1.94. The number of fused-ring (bicyclic) bond motifs is 1. The van der Waals surface area contributed by atoms with Gasteiger partial charge in [-0.15, -0.1) is 11.8 Å². The van der Waals surface area contributed by atoms with Crippen molar-refractivity contribution in [1.29, 1.82) is 0 Å². The summed E-state index contributed by atoms with van der Waals surface area (Å²) in [7, 11) is -3.56. The molecule has 0 radical (unpaired) electrons. The van der Waals surface area contributed by atoms with Crippen LogP contribution in [0.15, 0.2) is 52.3 Å². The number of nitrogens with one attached hydrogen (secondary N) is 1. The summed E-state index contributed by atoms with van der Waals surface area (Å²) in [6, 6.07) is 12.0. The maximum Gasteiger partial charge on any atom is 0.257 e. The highest BCUT2D eigenvalue weighted by molar-refractivity contribution is 7.98. The van der Waals surface area contributed by atoms with E-state index in [1.54, 1.807) is 11.8 Å². The second kappa shape index (κ2) is 9.91. The number of hydrogen-bond donors (Lipinski definition) is 1. The number of nitrogens with zero attached hydrogens (tertiary/aromatic N) is 2. The van der Waals surface area contributed by atoms with Crippen molar-refractivity contribution in [1.82, 2.24) is 9.29 Å². The van der Waals surface area contributed by atoms with Gasteiger partial charge in [0, 0.05) is 23.5 Å².